The summed E-state index contributed by atoms with van der Waals surface area (Å²) in [6, 6.07) is 8.96. The lowest BCUT2D eigenvalue weighted by atomic mass is 9.72. The maximum Gasteiger partial charge on any atom is 0.145 e. The smallest absolute Gasteiger partial charge is 0.145 e. The molecule has 0 aliphatic carbocycles. The lowest BCUT2D eigenvalue weighted by Crippen LogP contribution is -2.26. The highest BCUT2D eigenvalue weighted by molar-refractivity contribution is 5.98. The predicted molar refractivity (Wildman–Crippen MR) is 94.7 cm³/mol. The van der Waals surface area contributed by atoms with Gasteiger partial charge in [-0.15, -0.1) is 0 Å². The van der Waals surface area contributed by atoms with E-state index in [0.717, 1.165) is 11.3 Å². The van der Waals surface area contributed by atoms with Gasteiger partial charge in [0.15, 0.2) is 0 Å². The van der Waals surface area contributed by atoms with Gasteiger partial charge in [-0.25, -0.2) is 4.98 Å². The Bertz CT molecular complexity index is 840. The molecule has 116 valence electrons. The maximum atomic E-state index is 4.82. The first-order valence-electron chi connectivity index (χ1n) is 8.24. The van der Waals surface area contributed by atoms with E-state index in [9.17, 15) is 0 Å². The first kappa shape index (κ1) is 15.1. The van der Waals surface area contributed by atoms with E-state index in [1.165, 1.54) is 28.5 Å². The fraction of sp³-hybridized carbons (Fsp3) is 0.450. The van der Waals surface area contributed by atoms with E-state index in [1.807, 2.05) is 0 Å². The van der Waals surface area contributed by atoms with Crippen molar-refractivity contribution < 1.29 is 0 Å². The van der Waals surface area contributed by atoms with Gasteiger partial charge in [0.2, 0.25) is 0 Å². The molecule has 1 atom stereocenters. The third-order valence-corrected chi connectivity index (χ3v) is 5.43. The van der Waals surface area contributed by atoms with Gasteiger partial charge in [-0.2, -0.15) is 0 Å². The Hall–Kier alpha value is -1.83. The molecule has 1 unspecified atom stereocenters. The fourth-order valence-electron chi connectivity index (χ4n) is 3.49. The van der Waals surface area contributed by atoms with Crippen molar-refractivity contribution in [2.45, 2.75) is 53.4 Å². The summed E-state index contributed by atoms with van der Waals surface area (Å²) in [4.78, 5) is 4.82. The molecule has 0 bridgehead atoms. The summed E-state index contributed by atoms with van der Waals surface area (Å²) in [5.41, 5.74) is 4.95. The van der Waals surface area contributed by atoms with Crippen LogP contribution in [0.4, 0.5) is 0 Å². The molecular weight excluding hydrogens is 268 g/mol. The summed E-state index contributed by atoms with van der Waals surface area (Å²) in [7, 11) is 0. The van der Waals surface area contributed by atoms with E-state index in [4.69, 9.17) is 4.98 Å². The number of benzene rings is 1. The minimum absolute atomic E-state index is 0.129. The van der Waals surface area contributed by atoms with Crippen LogP contribution in [0, 0.1) is 19.8 Å². The zero-order valence-electron chi connectivity index (χ0n) is 14.6. The number of hydrogen-bond donors (Lipinski definition) is 0. The molecule has 1 aromatic carbocycles. The van der Waals surface area contributed by atoms with Crippen LogP contribution >= 0.6 is 0 Å². The van der Waals surface area contributed by atoms with E-state index >= 15 is 0 Å². The molecule has 0 spiro atoms. The molecule has 2 heterocycles. The van der Waals surface area contributed by atoms with Crippen molar-refractivity contribution in [1.82, 2.24) is 9.38 Å². The van der Waals surface area contributed by atoms with E-state index in [2.05, 4.69) is 76.4 Å². The number of pyridine rings is 1. The molecule has 3 rings (SSSR count). The largest absolute Gasteiger partial charge is 0.304 e. The number of rotatable bonds is 3. The Kier molecular flexibility index (Phi) is 3.51. The number of aromatic nitrogens is 2. The van der Waals surface area contributed by atoms with Crippen molar-refractivity contribution in [2.75, 3.05) is 0 Å². The zero-order chi connectivity index (χ0) is 16.1. The minimum atomic E-state index is 0.129. The average molecular weight is 294 g/mol. The van der Waals surface area contributed by atoms with E-state index in [0.29, 0.717) is 5.92 Å². The summed E-state index contributed by atoms with van der Waals surface area (Å²) >= 11 is 0. The summed E-state index contributed by atoms with van der Waals surface area (Å²) in [6.45, 7) is 13.6. The van der Waals surface area contributed by atoms with Gasteiger partial charge in [-0.05, 0) is 42.2 Å². The predicted octanol–water partition coefficient (Wildman–Crippen LogP) is 5.43. The average Bonchev–Trinajstić information content (AvgIpc) is 2.88. The van der Waals surface area contributed by atoms with Crippen molar-refractivity contribution in [3.8, 4) is 0 Å². The second-order valence-electron chi connectivity index (χ2n) is 7.16. The highest BCUT2D eigenvalue weighted by Crippen LogP contribution is 2.39. The highest BCUT2D eigenvalue weighted by Gasteiger charge is 2.29. The number of aryl methyl sites for hydroxylation is 2. The molecule has 2 nitrogen and oxygen atoms in total. The third-order valence-electron chi connectivity index (χ3n) is 5.43. The van der Waals surface area contributed by atoms with Crippen molar-refractivity contribution >= 4 is 16.4 Å². The summed E-state index contributed by atoms with van der Waals surface area (Å²) in [6.07, 6.45) is 3.32. The molecule has 0 amide bonds. The van der Waals surface area contributed by atoms with Gasteiger partial charge in [-0.3, -0.25) is 0 Å². The van der Waals surface area contributed by atoms with E-state index in [1.54, 1.807) is 0 Å². The topological polar surface area (TPSA) is 17.3 Å². The maximum absolute atomic E-state index is 4.82. The van der Waals surface area contributed by atoms with E-state index in [-0.39, 0.29) is 5.41 Å². The molecule has 0 fully saturated rings. The molecular formula is C20H26N2. The summed E-state index contributed by atoms with van der Waals surface area (Å²) in [5, 5.41) is 2.61. The normalized spacial score (nSPS) is 13.9. The van der Waals surface area contributed by atoms with Crippen LogP contribution in [0.2, 0.25) is 0 Å². The summed E-state index contributed by atoms with van der Waals surface area (Å²) in [5.74, 6) is 0.621. The zero-order valence-corrected chi connectivity index (χ0v) is 14.6. The van der Waals surface area contributed by atoms with Crippen LogP contribution in [0.3, 0.4) is 0 Å². The molecule has 0 radical (unpaired) electrons. The first-order valence-corrected chi connectivity index (χ1v) is 8.24. The Morgan fingerprint density at radius 2 is 1.95 bits per heavy atom. The lowest BCUT2D eigenvalue weighted by molar-refractivity contribution is 0.337. The molecule has 0 saturated carbocycles. The van der Waals surface area contributed by atoms with Gasteiger partial charge >= 0.3 is 0 Å². The summed E-state index contributed by atoms with van der Waals surface area (Å²) < 4.78 is 2.23. The first-order chi connectivity index (χ1) is 10.4. The van der Waals surface area contributed by atoms with Crippen LogP contribution in [0.1, 0.15) is 51.1 Å². The van der Waals surface area contributed by atoms with Gasteiger partial charge in [-0.1, -0.05) is 52.3 Å². The minimum Gasteiger partial charge on any atom is -0.304 e. The van der Waals surface area contributed by atoms with Gasteiger partial charge in [0.05, 0.1) is 5.69 Å². The number of imidazole rings is 1. The van der Waals surface area contributed by atoms with E-state index < -0.39 is 0 Å². The molecule has 0 N–H and O–H groups in total. The SMILES string of the molecule is CCC(C)C(C)(C)c1cccc2cc(C)n3cc(C)nc3c12. The fourth-order valence-corrected chi connectivity index (χ4v) is 3.49. The van der Waals surface area contributed by atoms with Crippen LogP contribution in [0.15, 0.2) is 30.5 Å². The molecule has 0 aliphatic heterocycles. The lowest BCUT2D eigenvalue weighted by Gasteiger charge is -2.33. The molecule has 2 aromatic heterocycles. The Morgan fingerprint density at radius 1 is 1.23 bits per heavy atom. The van der Waals surface area contributed by atoms with Crippen LogP contribution < -0.4 is 0 Å². The highest BCUT2D eigenvalue weighted by atomic mass is 15.0. The van der Waals surface area contributed by atoms with Crippen molar-refractivity contribution in [1.29, 1.82) is 0 Å². The third kappa shape index (κ3) is 2.13. The van der Waals surface area contributed by atoms with Crippen LogP contribution in [-0.4, -0.2) is 9.38 Å². The second kappa shape index (κ2) is 5.12. The molecule has 2 heteroatoms. The quantitative estimate of drug-likeness (QED) is 0.629. The second-order valence-corrected chi connectivity index (χ2v) is 7.16. The molecule has 22 heavy (non-hydrogen) atoms. The van der Waals surface area contributed by atoms with Crippen molar-refractivity contribution in [2.24, 2.45) is 5.92 Å². The molecule has 3 aromatic rings. The number of fused-ring (bicyclic) bond motifs is 3. The van der Waals surface area contributed by atoms with Crippen LogP contribution in [0.25, 0.3) is 16.4 Å². The number of hydrogen-bond acceptors (Lipinski definition) is 1. The Balaban J connectivity index is 2.44. The van der Waals surface area contributed by atoms with Crippen LogP contribution in [0.5, 0.6) is 0 Å². The van der Waals surface area contributed by atoms with Crippen LogP contribution in [-0.2, 0) is 5.41 Å². The standard InChI is InChI=1S/C20H26N2/c1-7-13(2)20(5,6)17-10-8-9-16-11-15(4)22-12-14(3)21-19(22)18(16)17/h8-13H,7H2,1-6H3. The van der Waals surface area contributed by atoms with Gasteiger partial charge in [0.1, 0.15) is 5.65 Å². The van der Waals surface area contributed by atoms with Crippen molar-refractivity contribution in [3.63, 3.8) is 0 Å². The molecule has 0 aliphatic rings. The van der Waals surface area contributed by atoms with Gasteiger partial charge in [0, 0.05) is 17.3 Å². The molecule has 0 saturated heterocycles. The Labute approximate surface area is 133 Å². The van der Waals surface area contributed by atoms with Crippen molar-refractivity contribution in [3.05, 3.63) is 47.4 Å². The Morgan fingerprint density at radius 3 is 2.64 bits per heavy atom. The van der Waals surface area contributed by atoms with Gasteiger partial charge < -0.3 is 4.40 Å². The number of nitrogens with zero attached hydrogens (tertiary/aromatic N) is 2. The van der Waals surface area contributed by atoms with Gasteiger partial charge in [0.25, 0.3) is 0 Å². The monoisotopic (exact) mass is 294 g/mol.